The lowest BCUT2D eigenvalue weighted by Crippen LogP contribution is -2.45. The zero-order valence-electron chi connectivity index (χ0n) is 10.9. The van der Waals surface area contributed by atoms with Crippen LogP contribution in [0.2, 0.25) is 0 Å². The molecule has 4 heteroatoms. The number of Topliss-reactive ketones (excluding diaryl/α,β-unsaturated/α-hetero) is 1. The number of rotatable bonds is 2. The van der Waals surface area contributed by atoms with Gasteiger partial charge in [-0.25, -0.2) is 4.39 Å². The molecule has 2 unspecified atom stereocenters. The molecule has 1 saturated heterocycles. The number of hydrogen-bond donors (Lipinski definition) is 0. The number of anilines is 1. The third-order valence-corrected chi connectivity index (χ3v) is 3.11. The smallest absolute Gasteiger partial charge is 0.159 e. The molecule has 3 nitrogen and oxygen atoms in total. The first-order chi connectivity index (χ1) is 8.47. The SMILES string of the molecule is CC(=O)c1ccc(N2CC(C)OC(C)C2)c(F)c1. The summed E-state index contributed by atoms with van der Waals surface area (Å²) in [5.74, 6) is -0.465. The van der Waals surface area contributed by atoms with Gasteiger partial charge in [0.05, 0.1) is 17.9 Å². The first-order valence-electron chi connectivity index (χ1n) is 6.18. The molecule has 0 bridgehead atoms. The summed E-state index contributed by atoms with van der Waals surface area (Å²) in [5.41, 5.74) is 0.951. The number of ether oxygens (including phenoxy) is 1. The van der Waals surface area contributed by atoms with Crippen LogP contribution in [0, 0.1) is 5.82 Å². The van der Waals surface area contributed by atoms with Gasteiger partial charge in [0.1, 0.15) is 5.82 Å². The fourth-order valence-corrected chi connectivity index (χ4v) is 2.36. The fourth-order valence-electron chi connectivity index (χ4n) is 2.36. The molecule has 0 radical (unpaired) electrons. The monoisotopic (exact) mass is 251 g/mol. The first-order valence-corrected chi connectivity index (χ1v) is 6.18. The van der Waals surface area contributed by atoms with Crippen LogP contribution >= 0.6 is 0 Å². The van der Waals surface area contributed by atoms with Crippen molar-refractivity contribution in [2.24, 2.45) is 0 Å². The topological polar surface area (TPSA) is 29.5 Å². The minimum Gasteiger partial charge on any atom is -0.372 e. The van der Waals surface area contributed by atoms with Crippen molar-refractivity contribution in [3.05, 3.63) is 29.6 Å². The highest BCUT2D eigenvalue weighted by molar-refractivity contribution is 5.94. The molecule has 0 N–H and O–H groups in total. The molecule has 0 amide bonds. The summed E-state index contributed by atoms with van der Waals surface area (Å²) in [6, 6.07) is 4.66. The first kappa shape index (κ1) is 13.0. The predicted molar refractivity (Wildman–Crippen MR) is 68.6 cm³/mol. The predicted octanol–water partition coefficient (Wildman–Crippen LogP) is 2.64. The largest absolute Gasteiger partial charge is 0.372 e. The normalized spacial score (nSPS) is 24.1. The molecule has 18 heavy (non-hydrogen) atoms. The van der Waals surface area contributed by atoms with E-state index in [1.165, 1.54) is 13.0 Å². The van der Waals surface area contributed by atoms with Crippen LogP contribution in [-0.2, 0) is 4.74 Å². The third-order valence-electron chi connectivity index (χ3n) is 3.11. The summed E-state index contributed by atoms with van der Waals surface area (Å²) in [6.07, 6.45) is 0.168. The molecule has 1 fully saturated rings. The Hall–Kier alpha value is -1.42. The van der Waals surface area contributed by atoms with Crippen molar-refractivity contribution < 1.29 is 13.9 Å². The number of hydrogen-bond acceptors (Lipinski definition) is 3. The Morgan fingerprint density at radius 3 is 2.44 bits per heavy atom. The van der Waals surface area contributed by atoms with E-state index in [0.29, 0.717) is 24.3 Å². The number of carbonyl (C=O) groups excluding carboxylic acids is 1. The van der Waals surface area contributed by atoms with Crippen molar-refractivity contribution in [2.75, 3.05) is 18.0 Å². The second-order valence-electron chi connectivity index (χ2n) is 4.88. The van der Waals surface area contributed by atoms with Crippen molar-refractivity contribution in [1.82, 2.24) is 0 Å². The lowest BCUT2D eigenvalue weighted by atomic mass is 10.1. The van der Waals surface area contributed by atoms with Gasteiger partial charge in [-0.05, 0) is 39.0 Å². The summed E-state index contributed by atoms with van der Waals surface area (Å²) in [5, 5.41) is 0. The molecule has 1 aromatic rings. The van der Waals surface area contributed by atoms with E-state index >= 15 is 0 Å². The zero-order chi connectivity index (χ0) is 13.3. The van der Waals surface area contributed by atoms with Gasteiger partial charge in [0.15, 0.2) is 5.78 Å². The molecule has 1 aliphatic heterocycles. The molecule has 2 atom stereocenters. The van der Waals surface area contributed by atoms with Gasteiger partial charge in [-0.3, -0.25) is 4.79 Å². The summed E-state index contributed by atoms with van der Waals surface area (Å²) < 4.78 is 19.6. The quantitative estimate of drug-likeness (QED) is 0.757. The molecule has 0 saturated carbocycles. The second kappa shape index (κ2) is 5.06. The molecule has 0 aromatic heterocycles. The van der Waals surface area contributed by atoms with Crippen LogP contribution in [0.1, 0.15) is 31.1 Å². The molecule has 98 valence electrons. The van der Waals surface area contributed by atoms with Gasteiger partial charge in [-0.2, -0.15) is 0 Å². The van der Waals surface area contributed by atoms with Gasteiger partial charge in [0, 0.05) is 18.7 Å². The molecule has 1 aliphatic rings. The van der Waals surface area contributed by atoms with E-state index in [1.54, 1.807) is 12.1 Å². The van der Waals surface area contributed by atoms with Crippen LogP contribution in [0.15, 0.2) is 18.2 Å². The molecule has 0 spiro atoms. The van der Waals surface area contributed by atoms with Crippen LogP contribution in [0.5, 0.6) is 0 Å². The van der Waals surface area contributed by atoms with Crippen molar-refractivity contribution in [2.45, 2.75) is 33.0 Å². The second-order valence-corrected chi connectivity index (χ2v) is 4.88. The lowest BCUT2D eigenvalue weighted by molar-refractivity contribution is -0.00539. The Morgan fingerprint density at radius 1 is 1.33 bits per heavy atom. The molecule has 0 aliphatic carbocycles. The van der Waals surface area contributed by atoms with Crippen molar-refractivity contribution in [3.63, 3.8) is 0 Å². The molecule has 1 heterocycles. The Bertz CT molecular complexity index is 451. The summed E-state index contributed by atoms with van der Waals surface area (Å²) >= 11 is 0. The average molecular weight is 251 g/mol. The van der Waals surface area contributed by atoms with E-state index in [9.17, 15) is 9.18 Å². The van der Waals surface area contributed by atoms with Gasteiger partial charge in [-0.1, -0.05) is 0 Å². The molecular formula is C14H18FNO2. The van der Waals surface area contributed by atoms with Gasteiger partial charge in [-0.15, -0.1) is 0 Å². The number of halogens is 1. The number of morpholine rings is 1. The minimum atomic E-state index is -0.344. The van der Waals surface area contributed by atoms with Crippen LogP contribution < -0.4 is 4.90 Å². The standard InChI is InChI=1S/C14H18FNO2/c1-9-7-16(8-10(2)18-9)14-5-4-12(11(3)17)6-13(14)15/h4-6,9-10H,7-8H2,1-3H3. The maximum Gasteiger partial charge on any atom is 0.159 e. The van der Waals surface area contributed by atoms with Crippen LogP contribution in [-0.4, -0.2) is 31.1 Å². The number of benzene rings is 1. The van der Waals surface area contributed by atoms with Gasteiger partial charge in [0.2, 0.25) is 0 Å². The maximum absolute atomic E-state index is 14.0. The van der Waals surface area contributed by atoms with E-state index < -0.39 is 0 Å². The van der Waals surface area contributed by atoms with Gasteiger partial charge in [0.25, 0.3) is 0 Å². The Labute approximate surface area is 107 Å². The van der Waals surface area contributed by atoms with Crippen molar-refractivity contribution in [3.8, 4) is 0 Å². The van der Waals surface area contributed by atoms with E-state index in [2.05, 4.69) is 0 Å². The highest BCUT2D eigenvalue weighted by Crippen LogP contribution is 2.24. The summed E-state index contributed by atoms with van der Waals surface area (Å²) in [6.45, 7) is 6.73. The summed E-state index contributed by atoms with van der Waals surface area (Å²) in [7, 11) is 0. The molecule has 2 rings (SSSR count). The third kappa shape index (κ3) is 2.70. The molecule has 1 aromatic carbocycles. The lowest BCUT2D eigenvalue weighted by Gasteiger charge is -2.37. The average Bonchev–Trinajstić information content (AvgIpc) is 2.27. The highest BCUT2D eigenvalue weighted by Gasteiger charge is 2.24. The van der Waals surface area contributed by atoms with E-state index in [-0.39, 0.29) is 23.8 Å². The zero-order valence-corrected chi connectivity index (χ0v) is 10.9. The van der Waals surface area contributed by atoms with Gasteiger partial charge < -0.3 is 9.64 Å². The van der Waals surface area contributed by atoms with Crippen molar-refractivity contribution in [1.29, 1.82) is 0 Å². The minimum absolute atomic E-state index is 0.0839. The molecular weight excluding hydrogens is 233 g/mol. The van der Waals surface area contributed by atoms with Crippen molar-refractivity contribution >= 4 is 11.5 Å². The van der Waals surface area contributed by atoms with E-state index in [0.717, 1.165) is 0 Å². The van der Waals surface area contributed by atoms with Crippen LogP contribution in [0.25, 0.3) is 0 Å². The van der Waals surface area contributed by atoms with E-state index in [4.69, 9.17) is 4.74 Å². The maximum atomic E-state index is 14.0. The Kier molecular flexibility index (Phi) is 3.66. The Morgan fingerprint density at radius 2 is 1.94 bits per heavy atom. The number of nitrogens with zero attached hydrogens (tertiary/aromatic N) is 1. The number of ketones is 1. The van der Waals surface area contributed by atoms with Crippen LogP contribution in [0.4, 0.5) is 10.1 Å². The highest BCUT2D eigenvalue weighted by atomic mass is 19.1. The fraction of sp³-hybridized carbons (Fsp3) is 0.500. The van der Waals surface area contributed by atoms with Crippen LogP contribution in [0.3, 0.4) is 0 Å². The van der Waals surface area contributed by atoms with Gasteiger partial charge >= 0.3 is 0 Å². The summed E-state index contributed by atoms with van der Waals surface area (Å²) in [4.78, 5) is 13.2. The van der Waals surface area contributed by atoms with E-state index in [1.807, 2.05) is 18.7 Å². The Balaban J connectivity index is 2.25. The number of carbonyl (C=O) groups is 1.